The van der Waals surface area contributed by atoms with E-state index in [9.17, 15) is 4.79 Å². The molecule has 0 bridgehead atoms. The SMILES string of the molecule is COc1c(C)cc(C)cc1N(C)C1CC1C(=O)O. The number of anilines is 1. The summed E-state index contributed by atoms with van der Waals surface area (Å²) in [7, 11) is 3.58. The third-order valence-corrected chi connectivity index (χ3v) is 3.55. The molecule has 0 saturated heterocycles. The highest BCUT2D eigenvalue weighted by Crippen LogP contribution is 2.42. The molecular weight excluding hydrogens is 230 g/mol. The predicted octanol–water partition coefficient (Wildman–Crippen LogP) is 2.22. The molecule has 98 valence electrons. The van der Waals surface area contributed by atoms with Crippen molar-refractivity contribution in [2.75, 3.05) is 19.1 Å². The van der Waals surface area contributed by atoms with Crippen molar-refractivity contribution in [3.63, 3.8) is 0 Å². The molecule has 0 spiro atoms. The van der Waals surface area contributed by atoms with E-state index in [0.717, 1.165) is 22.6 Å². The van der Waals surface area contributed by atoms with Gasteiger partial charge in [0.25, 0.3) is 0 Å². The molecule has 1 N–H and O–H groups in total. The molecule has 2 rings (SSSR count). The highest BCUT2D eigenvalue weighted by Gasteiger charge is 2.46. The first-order chi connectivity index (χ1) is 8.45. The minimum Gasteiger partial charge on any atom is -0.494 e. The first kappa shape index (κ1) is 12.7. The van der Waals surface area contributed by atoms with Crippen molar-refractivity contribution in [1.82, 2.24) is 0 Å². The number of hydrogen-bond donors (Lipinski definition) is 1. The van der Waals surface area contributed by atoms with Crippen molar-refractivity contribution < 1.29 is 14.6 Å². The Kier molecular flexibility index (Phi) is 3.20. The fraction of sp³-hybridized carbons (Fsp3) is 0.500. The molecule has 1 saturated carbocycles. The van der Waals surface area contributed by atoms with Gasteiger partial charge in [0.05, 0.1) is 18.7 Å². The van der Waals surface area contributed by atoms with Crippen LogP contribution in [0.3, 0.4) is 0 Å². The number of aliphatic carboxylic acids is 1. The molecule has 1 aromatic rings. The Labute approximate surface area is 107 Å². The summed E-state index contributed by atoms with van der Waals surface area (Å²) in [6.45, 7) is 4.04. The summed E-state index contributed by atoms with van der Waals surface area (Å²) in [5, 5.41) is 9.00. The number of ether oxygens (including phenoxy) is 1. The van der Waals surface area contributed by atoms with Crippen LogP contribution in [0.25, 0.3) is 0 Å². The average molecular weight is 249 g/mol. The Bertz CT molecular complexity index is 484. The minimum absolute atomic E-state index is 0.0811. The standard InChI is InChI=1S/C14H19NO3/c1-8-5-9(2)13(18-4)12(6-8)15(3)11-7-10(11)14(16)17/h5-6,10-11H,7H2,1-4H3,(H,16,17). The second-order valence-electron chi connectivity index (χ2n) is 4.99. The number of carbonyl (C=O) groups is 1. The number of hydrogen-bond acceptors (Lipinski definition) is 3. The number of benzene rings is 1. The third kappa shape index (κ3) is 2.15. The van der Waals surface area contributed by atoms with Crippen molar-refractivity contribution in [3.8, 4) is 5.75 Å². The molecule has 18 heavy (non-hydrogen) atoms. The molecule has 4 nitrogen and oxygen atoms in total. The van der Waals surface area contributed by atoms with Crippen LogP contribution in [0.5, 0.6) is 5.75 Å². The van der Waals surface area contributed by atoms with Gasteiger partial charge in [0.2, 0.25) is 0 Å². The summed E-state index contributed by atoms with van der Waals surface area (Å²) in [4.78, 5) is 13.0. The van der Waals surface area contributed by atoms with Gasteiger partial charge in [-0.15, -0.1) is 0 Å². The highest BCUT2D eigenvalue weighted by atomic mass is 16.5. The number of methoxy groups -OCH3 is 1. The molecule has 0 aromatic heterocycles. The van der Waals surface area contributed by atoms with Crippen LogP contribution in [0.4, 0.5) is 5.69 Å². The summed E-state index contributed by atoms with van der Waals surface area (Å²) in [5.41, 5.74) is 3.21. The van der Waals surface area contributed by atoms with E-state index in [4.69, 9.17) is 9.84 Å². The zero-order valence-electron chi connectivity index (χ0n) is 11.2. The second-order valence-corrected chi connectivity index (χ2v) is 4.99. The quantitative estimate of drug-likeness (QED) is 0.889. The van der Waals surface area contributed by atoms with Crippen LogP contribution >= 0.6 is 0 Å². The van der Waals surface area contributed by atoms with Crippen LogP contribution in [0, 0.1) is 19.8 Å². The van der Waals surface area contributed by atoms with E-state index < -0.39 is 5.97 Å². The lowest BCUT2D eigenvalue weighted by Crippen LogP contribution is -2.24. The summed E-state index contributed by atoms with van der Waals surface area (Å²) in [6.07, 6.45) is 0.710. The van der Waals surface area contributed by atoms with Gasteiger partial charge >= 0.3 is 5.97 Å². The number of rotatable bonds is 4. The Balaban J connectivity index is 2.30. The summed E-state index contributed by atoms with van der Waals surface area (Å²) < 4.78 is 5.44. The number of nitrogens with zero attached hydrogens (tertiary/aromatic N) is 1. The molecule has 0 radical (unpaired) electrons. The Hall–Kier alpha value is -1.71. The van der Waals surface area contributed by atoms with Gasteiger partial charge in [0.15, 0.2) is 0 Å². The van der Waals surface area contributed by atoms with Crippen LogP contribution in [0.2, 0.25) is 0 Å². The monoisotopic (exact) mass is 249 g/mol. The summed E-state index contributed by atoms with van der Waals surface area (Å²) >= 11 is 0. The molecule has 4 heteroatoms. The summed E-state index contributed by atoms with van der Waals surface area (Å²) in [5.74, 6) is -0.130. The van der Waals surface area contributed by atoms with Crippen molar-refractivity contribution in [1.29, 1.82) is 0 Å². The van der Waals surface area contributed by atoms with Gasteiger partial charge in [-0.3, -0.25) is 4.79 Å². The molecule has 0 aliphatic heterocycles. The Morgan fingerprint density at radius 3 is 2.61 bits per heavy atom. The van der Waals surface area contributed by atoms with Gasteiger partial charge in [-0.05, 0) is 37.5 Å². The fourth-order valence-electron chi connectivity index (χ4n) is 2.51. The molecular formula is C14H19NO3. The van der Waals surface area contributed by atoms with Crippen LogP contribution in [0.15, 0.2) is 12.1 Å². The Morgan fingerprint density at radius 2 is 2.11 bits per heavy atom. The second kappa shape index (κ2) is 4.52. The lowest BCUT2D eigenvalue weighted by atomic mass is 10.1. The van der Waals surface area contributed by atoms with E-state index in [1.165, 1.54) is 0 Å². The maximum atomic E-state index is 10.9. The minimum atomic E-state index is -0.713. The molecule has 0 heterocycles. The number of carboxylic acid groups (broad SMARTS) is 1. The maximum absolute atomic E-state index is 10.9. The lowest BCUT2D eigenvalue weighted by Gasteiger charge is -2.23. The van der Waals surface area contributed by atoms with Gasteiger partial charge < -0.3 is 14.7 Å². The first-order valence-corrected chi connectivity index (χ1v) is 6.06. The van der Waals surface area contributed by atoms with Gasteiger partial charge in [0.1, 0.15) is 5.75 Å². The van der Waals surface area contributed by atoms with E-state index in [1.807, 2.05) is 31.9 Å². The van der Waals surface area contributed by atoms with Crippen molar-refractivity contribution in [3.05, 3.63) is 23.3 Å². The van der Waals surface area contributed by atoms with Crippen molar-refractivity contribution >= 4 is 11.7 Å². The molecule has 1 fully saturated rings. The van der Waals surface area contributed by atoms with Gasteiger partial charge in [0, 0.05) is 13.1 Å². The topological polar surface area (TPSA) is 49.8 Å². The smallest absolute Gasteiger partial charge is 0.308 e. The largest absolute Gasteiger partial charge is 0.494 e. The fourth-order valence-corrected chi connectivity index (χ4v) is 2.51. The van der Waals surface area contributed by atoms with Crippen LogP contribution in [0.1, 0.15) is 17.5 Å². The van der Waals surface area contributed by atoms with E-state index in [0.29, 0.717) is 6.42 Å². The summed E-state index contributed by atoms with van der Waals surface area (Å²) in [6, 6.07) is 4.19. The van der Waals surface area contributed by atoms with E-state index in [-0.39, 0.29) is 12.0 Å². The maximum Gasteiger partial charge on any atom is 0.308 e. The van der Waals surface area contributed by atoms with Crippen LogP contribution in [-0.4, -0.2) is 31.3 Å². The molecule has 1 aromatic carbocycles. The third-order valence-electron chi connectivity index (χ3n) is 3.55. The molecule has 1 aliphatic carbocycles. The highest BCUT2D eigenvalue weighted by molar-refractivity contribution is 5.77. The van der Waals surface area contributed by atoms with Crippen LogP contribution in [-0.2, 0) is 4.79 Å². The van der Waals surface area contributed by atoms with E-state index in [2.05, 4.69) is 6.07 Å². The van der Waals surface area contributed by atoms with Gasteiger partial charge in [-0.1, -0.05) is 6.07 Å². The lowest BCUT2D eigenvalue weighted by molar-refractivity contribution is -0.138. The molecule has 2 unspecified atom stereocenters. The van der Waals surface area contributed by atoms with Crippen LogP contribution < -0.4 is 9.64 Å². The first-order valence-electron chi connectivity index (χ1n) is 6.06. The molecule has 2 atom stereocenters. The number of carboxylic acids is 1. The molecule has 1 aliphatic rings. The zero-order valence-corrected chi connectivity index (χ0v) is 11.2. The zero-order chi connectivity index (χ0) is 13.4. The molecule has 0 amide bonds. The van der Waals surface area contributed by atoms with Crippen molar-refractivity contribution in [2.45, 2.75) is 26.3 Å². The predicted molar refractivity (Wildman–Crippen MR) is 70.4 cm³/mol. The number of aryl methyl sites for hydroxylation is 2. The van der Waals surface area contributed by atoms with E-state index >= 15 is 0 Å². The van der Waals surface area contributed by atoms with Crippen molar-refractivity contribution in [2.24, 2.45) is 5.92 Å². The van der Waals surface area contributed by atoms with Gasteiger partial charge in [-0.25, -0.2) is 0 Å². The average Bonchev–Trinajstić information content (AvgIpc) is 3.07. The van der Waals surface area contributed by atoms with E-state index in [1.54, 1.807) is 7.11 Å². The van der Waals surface area contributed by atoms with Gasteiger partial charge in [-0.2, -0.15) is 0 Å². The Morgan fingerprint density at radius 1 is 1.44 bits per heavy atom. The normalized spacial score (nSPS) is 21.6.